The van der Waals surface area contributed by atoms with Crippen molar-refractivity contribution in [2.75, 3.05) is 17.3 Å². The molecule has 1 amide bonds. The molecule has 2 heterocycles. The molecular formula is C17H18N6O. The Kier molecular flexibility index (Phi) is 3.23. The zero-order valence-corrected chi connectivity index (χ0v) is 13.9. The van der Waals surface area contributed by atoms with Gasteiger partial charge in [0.25, 0.3) is 5.91 Å². The van der Waals surface area contributed by atoms with Gasteiger partial charge in [0.2, 0.25) is 5.95 Å². The first kappa shape index (κ1) is 14.6. The molecule has 7 heteroatoms. The number of aromatic nitrogens is 4. The number of hydrogen-bond donors (Lipinski definition) is 1. The molecule has 1 aromatic heterocycles. The number of nitrogens with zero attached hydrogens (tertiary/aromatic N) is 5. The standard InChI is InChI=1S/C17H18N6O/c1-10-4-5-12-6-7-13(8-14(10)12)18-16(24)15-9-23-17(19-20-21-23)22(3)11(15)2/h4,6-8H,5,9H2,1-3H3,(H,18,24). The summed E-state index contributed by atoms with van der Waals surface area (Å²) in [5.41, 5.74) is 6.09. The minimum Gasteiger partial charge on any atom is -0.322 e. The third-order valence-electron chi connectivity index (χ3n) is 4.76. The molecule has 0 atom stereocenters. The number of hydrogen-bond acceptors (Lipinski definition) is 5. The van der Waals surface area contributed by atoms with E-state index in [1.165, 1.54) is 16.7 Å². The fourth-order valence-corrected chi connectivity index (χ4v) is 3.17. The van der Waals surface area contributed by atoms with Crippen molar-refractivity contribution in [2.45, 2.75) is 26.8 Å². The summed E-state index contributed by atoms with van der Waals surface area (Å²) in [5.74, 6) is 0.516. The lowest BCUT2D eigenvalue weighted by atomic mass is 10.1. The summed E-state index contributed by atoms with van der Waals surface area (Å²) in [6.45, 7) is 4.37. The number of tetrazole rings is 1. The lowest BCUT2D eigenvalue weighted by Crippen LogP contribution is -2.32. The number of amides is 1. The molecule has 2 aliphatic rings. The minimum absolute atomic E-state index is 0.125. The largest absolute Gasteiger partial charge is 0.322 e. The predicted octanol–water partition coefficient (Wildman–Crippen LogP) is 1.99. The van der Waals surface area contributed by atoms with Gasteiger partial charge in [-0.05, 0) is 59.5 Å². The van der Waals surface area contributed by atoms with E-state index in [-0.39, 0.29) is 5.91 Å². The summed E-state index contributed by atoms with van der Waals surface area (Å²) < 4.78 is 1.62. The van der Waals surface area contributed by atoms with Crippen molar-refractivity contribution in [3.8, 4) is 0 Å². The van der Waals surface area contributed by atoms with Gasteiger partial charge >= 0.3 is 0 Å². The molecule has 0 bridgehead atoms. The summed E-state index contributed by atoms with van der Waals surface area (Å²) in [6.07, 6.45) is 3.17. The molecule has 0 saturated carbocycles. The summed E-state index contributed by atoms with van der Waals surface area (Å²) in [6, 6.07) is 6.07. The van der Waals surface area contributed by atoms with Gasteiger partial charge in [0.15, 0.2) is 0 Å². The highest BCUT2D eigenvalue weighted by molar-refractivity contribution is 6.05. The van der Waals surface area contributed by atoms with Crippen LogP contribution in [0.4, 0.5) is 11.6 Å². The Bertz CT molecular complexity index is 908. The third-order valence-corrected chi connectivity index (χ3v) is 4.76. The van der Waals surface area contributed by atoms with Crippen molar-refractivity contribution in [2.24, 2.45) is 0 Å². The summed E-state index contributed by atoms with van der Waals surface area (Å²) >= 11 is 0. The SMILES string of the molecule is CC1=CCc2ccc(NC(=O)C3=C(C)N(C)c4nnnn4C3)cc21. The van der Waals surface area contributed by atoms with Crippen molar-refractivity contribution in [1.29, 1.82) is 0 Å². The third kappa shape index (κ3) is 2.20. The van der Waals surface area contributed by atoms with Crippen LogP contribution >= 0.6 is 0 Å². The zero-order valence-electron chi connectivity index (χ0n) is 13.9. The van der Waals surface area contributed by atoms with Crippen LogP contribution in [0.1, 0.15) is 25.0 Å². The highest BCUT2D eigenvalue weighted by Gasteiger charge is 2.26. The van der Waals surface area contributed by atoms with Crippen LogP contribution in [-0.4, -0.2) is 33.2 Å². The van der Waals surface area contributed by atoms with E-state index in [2.05, 4.69) is 39.9 Å². The first-order valence-electron chi connectivity index (χ1n) is 7.85. The van der Waals surface area contributed by atoms with Crippen molar-refractivity contribution < 1.29 is 4.79 Å². The van der Waals surface area contributed by atoms with E-state index in [1.807, 2.05) is 31.0 Å². The Morgan fingerprint density at radius 3 is 2.96 bits per heavy atom. The maximum atomic E-state index is 12.7. The number of rotatable bonds is 2. The first-order valence-corrected chi connectivity index (χ1v) is 7.85. The minimum atomic E-state index is -0.125. The molecule has 0 fully saturated rings. The number of nitrogens with one attached hydrogen (secondary N) is 1. The topological polar surface area (TPSA) is 75.9 Å². The van der Waals surface area contributed by atoms with Gasteiger partial charge < -0.3 is 10.2 Å². The zero-order chi connectivity index (χ0) is 16.8. The lowest BCUT2D eigenvalue weighted by molar-refractivity contribution is -0.113. The normalized spacial score (nSPS) is 16.0. The average molecular weight is 322 g/mol. The molecule has 1 aliphatic carbocycles. The molecular weight excluding hydrogens is 304 g/mol. The Balaban J connectivity index is 1.60. The van der Waals surface area contributed by atoms with Gasteiger partial charge in [0, 0.05) is 18.4 Å². The van der Waals surface area contributed by atoms with Crippen LogP contribution in [-0.2, 0) is 17.8 Å². The monoisotopic (exact) mass is 322 g/mol. The Morgan fingerprint density at radius 2 is 2.12 bits per heavy atom. The van der Waals surface area contributed by atoms with Gasteiger partial charge in [-0.15, -0.1) is 0 Å². The second-order valence-electron chi connectivity index (χ2n) is 6.18. The number of allylic oxidation sites excluding steroid dienone is 3. The molecule has 0 radical (unpaired) electrons. The molecule has 1 N–H and O–H groups in total. The van der Waals surface area contributed by atoms with E-state index in [0.29, 0.717) is 18.1 Å². The van der Waals surface area contributed by atoms with Crippen molar-refractivity contribution >= 4 is 23.1 Å². The van der Waals surface area contributed by atoms with E-state index < -0.39 is 0 Å². The average Bonchev–Trinajstić information content (AvgIpc) is 3.18. The maximum absolute atomic E-state index is 12.7. The Hall–Kier alpha value is -2.96. The van der Waals surface area contributed by atoms with Crippen LogP contribution in [0.5, 0.6) is 0 Å². The van der Waals surface area contributed by atoms with Crippen LogP contribution in [0.3, 0.4) is 0 Å². The lowest BCUT2D eigenvalue weighted by Gasteiger charge is -2.26. The van der Waals surface area contributed by atoms with Gasteiger partial charge in [-0.1, -0.05) is 17.2 Å². The second kappa shape index (κ2) is 5.30. The number of fused-ring (bicyclic) bond motifs is 2. The number of anilines is 2. The fourth-order valence-electron chi connectivity index (χ4n) is 3.17. The number of carbonyl (C=O) groups excluding carboxylic acids is 1. The van der Waals surface area contributed by atoms with E-state index in [1.54, 1.807) is 4.68 Å². The maximum Gasteiger partial charge on any atom is 0.255 e. The molecule has 7 nitrogen and oxygen atoms in total. The molecule has 24 heavy (non-hydrogen) atoms. The summed E-state index contributed by atoms with van der Waals surface area (Å²) in [7, 11) is 1.85. The van der Waals surface area contributed by atoms with E-state index in [9.17, 15) is 4.79 Å². The highest BCUT2D eigenvalue weighted by Crippen LogP contribution is 2.30. The molecule has 122 valence electrons. The molecule has 2 aromatic rings. The van der Waals surface area contributed by atoms with Gasteiger partial charge in [0.05, 0.1) is 12.1 Å². The first-order chi connectivity index (χ1) is 11.5. The van der Waals surface area contributed by atoms with Crippen LogP contribution in [0, 0.1) is 0 Å². The Labute approximate surface area is 139 Å². The molecule has 0 saturated heterocycles. The molecule has 0 unspecified atom stereocenters. The predicted molar refractivity (Wildman–Crippen MR) is 91.3 cm³/mol. The van der Waals surface area contributed by atoms with Crippen molar-refractivity contribution in [3.05, 3.63) is 46.7 Å². The highest BCUT2D eigenvalue weighted by atomic mass is 16.1. The number of benzene rings is 1. The van der Waals surface area contributed by atoms with Crippen LogP contribution in [0.15, 0.2) is 35.5 Å². The van der Waals surface area contributed by atoms with Crippen LogP contribution < -0.4 is 10.2 Å². The molecule has 1 aliphatic heterocycles. The quantitative estimate of drug-likeness (QED) is 0.915. The molecule has 0 spiro atoms. The van der Waals surface area contributed by atoms with E-state index in [0.717, 1.165) is 17.8 Å². The van der Waals surface area contributed by atoms with E-state index >= 15 is 0 Å². The molecule has 4 rings (SSSR count). The van der Waals surface area contributed by atoms with Crippen molar-refractivity contribution in [3.63, 3.8) is 0 Å². The summed E-state index contributed by atoms with van der Waals surface area (Å²) in [4.78, 5) is 14.6. The van der Waals surface area contributed by atoms with E-state index in [4.69, 9.17) is 0 Å². The van der Waals surface area contributed by atoms with Crippen LogP contribution in [0.2, 0.25) is 0 Å². The van der Waals surface area contributed by atoms with Gasteiger partial charge in [-0.3, -0.25) is 4.79 Å². The second-order valence-corrected chi connectivity index (χ2v) is 6.18. The molecule has 1 aromatic carbocycles. The van der Waals surface area contributed by atoms with Crippen molar-refractivity contribution in [1.82, 2.24) is 20.2 Å². The van der Waals surface area contributed by atoms with Gasteiger partial charge in [-0.2, -0.15) is 0 Å². The summed E-state index contributed by atoms with van der Waals surface area (Å²) in [5, 5.41) is 14.6. The fraction of sp³-hybridized carbons (Fsp3) is 0.294. The van der Waals surface area contributed by atoms with Gasteiger partial charge in [0.1, 0.15) is 0 Å². The number of carbonyl (C=O) groups is 1. The Morgan fingerprint density at radius 1 is 1.29 bits per heavy atom. The van der Waals surface area contributed by atoms with Gasteiger partial charge in [-0.25, -0.2) is 4.68 Å². The van der Waals surface area contributed by atoms with Crippen LogP contribution in [0.25, 0.3) is 5.57 Å². The smallest absolute Gasteiger partial charge is 0.255 e.